The van der Waals surface area contributed by atoms with Crippen molar-refractivity contribution in [2.75, 3.05) is 0 Å². The van der Waals surface area contributed by atoms with Crippen LogP contribution in [0.5, 0.6) is 0 Å². The normalized spacial score (nSPS) is 40.8. The molecule has 21 heavy (non-hydrogen) atoms. The van der Waals surface area contributed by atoms with Crippen LogP contribution in [0.3, 0.4) is 0 Å². The molecule has 3 aliphatic rings. The van der Waals surface area contributed by atoms with E-state index >= 15 is 0 Å². The first-order valence-electron chi connectivity index (χ1n) is 8.11. The zero-order chi connectivity index (χ0) is 14.5. The van der Waals surface area contributed by atoms with Crippen LogP contribution in [0.4, 0.5) is 0 Å². The summed E-state index contributed by atoms with van der Waals surface area (Å²) in [7, 11) is 0. The lowest BCUT2D eigenvalue weighted by Gasteiger charge is -2.35. The summed E-state index contributed by atoms with van der Waals surface area (Å²) in [6.07, 6.45) is 9.63. The Morgan fingerprint density at radius 3 is 3.10 bits per heavy atom. The molecule has 112 valence electrons. The number of hydrogen-bond donors (Lipinski definition) is 2. The van der Waals surface area contributed by atoms with Gasteiger partial charge in [-0.2, -0.15) is 0 Å². The first-order valence-corrected chi connectivity index (χ1v) is 8.11. The molecule has 4 unspecified atom stereocenters. The molecule has 1 heterocycles. The second-order valence-corrected chi connectivity index (χ2v) is 7.46. The van der Waals surface area contributed by atoms with Crippen LogP contribution in [0.1, 0.15) is 55.4 Å². The molecule has 3 aliphatic carbocycles. The van der Waals surface area contributed by atoms with Crippen molar-refractivity contribution in [1.82, 2.24) is 10.3 Å². The maximum Gasteiger partial charge on any atom is 0.270 e. The topological polar surface area (TPSA) is 68.0 Å². The smallest absolute Gasteiger partial charge is 0.270 e. The fraction of sp³-hybridized carbons (Fsp3) is 0.647. The molecule has 0 saturated heterocycles. The molecular weight excluding hydrogens is 262 g/mol. The Bertz CT molecular complexity index is 560. The molecule has 3 N–H and O–H groups in total. The number of nitrogens with two attached hydrogens (primary N) is 1. The number of rotatable bonds is 2. The molecule has 4 heteroatoms. The number of pyridine rings is 1. The van der Waals surface area contributed by atoms with E-state index in [1.54, 1.807) is 12.3 Å². The monoisotopic (exact) mass is 285 g/mol. The van der Waals surface area contributed by atoms with E-state index in [1.165, 1.54) is 19.3 Å². The predicted molar refractivity (Wildman–Crippen MR) is 80.7 cm³/mol. The number of aromatic nitrogens is 1. The van der Waals surface area contributed by atoms with Crippen LogP contribution in [-0.4, -0.2) is 22.0 Å². The van der Waals surface area contributed by atoms with Gasteiger partial charge < -0.3 is 11.1 Å². The van der Waals surface area contributed by atoms with Crippen molar-refractivity contribution in [3.05, 3.63) is 30.1 Å². The van der Waals surface area contributed by atoms with Gasteiger partial charge in [0.1, 0.15) is 5.69 Å². The van der Waals surface area contributed by atoms with Crippen LogP contribution in [0.25, 0.3) is 0 Å². The van der Waals surface area contributed by atoms with Crippen molar-refractivity contribution < 1.29 is 4.79 Å². The highest BCUT2D eigenvalue weighted by Crippen LogP contribution is 2.56. The van der Waals surface area contributed by atoms with Crippen molar-refractivity contribution in [2.45, 2.75) is 56.0 Å². The van der Waals surface area contributed by atoms with Gasteiger partial charge in [0, 0.05) is 17.3 Å². The number of carbonyl (C=O) groups excluding carboxylic acids is 1. The zero-order valence-electron chi connectivity index (χ0n) is 12.3. The minimum absolute atomic E-state index is 0.0369. The molecule has 3 fully saturated rings. The summed E-state index contributed by atoms with van der Waals surface area (Å²) < 4.78 is 0. The number of nitrogens with zero attached hydrogens (tertiary/aromatic N) is 1. The Morgan fingerprint density at radius 2 is 2.29 bits per heavy atom. The zero-order valence-corrected chi connectivity index (χ0v) is 12.3. The third kappa shape index (κ3) is 2.16. The fourth-order valence-corrected chi connectivity index (χ4v) is 5.27. The number of amides is 1. The van der Waals surface area contributed by atoms with E-state index in [2.05, 4.69) is 10.3 Å². The van der Waals surface area contributed by atoms with Gasteiger partial charge in [-0.15, -0.1) is 0 Å². The standard InChI is InChI=1S/C17H23N3O/c18-16-9-12-4-3-6-17(11-16,13(8-12)10-16)20-15(21)14-5-1-2-7-19-14/h1-2,5,7,12-13H,3-4,6,8-11,18H2,(H,20,21). The van der Waals surface area contributed by atoms with Crippen LogP contribution in [0.2, 0.25) is 0 Å². The molecule has 3 saturated carbocycles. The van der Waals surface area contributed by atoms with E-state index in [-0.39, 0.29) is 17.0 Å². The second kappa shape index (κ2) is 4.54. The Balaban J connectivity index is 1.62. The van der Waals surface area contributed by atoms with Gasteiger partial charge in [-0.25, -0.2) is 0 Å². The minimum Gasteiger partial charge on any atom is -0.345 e. The molecule has 4 atom stereocenters. The second-order valence-electron chi connectivity index (χ2n) is 7.46. The van der Waals surface area contributed by atoms with Crippen molar-refractivity contribution in [2.24, 2.45) is 17.6 Å². The summed E-state index contributed by atoms with van der Waals surface area (Å²) in [4.78, 5) is 16.8. The molecule has 0 aliphatic heterocycles. The Kier molecular flexibility index (Phi) is 2.86. The molecule has 1 amide bonds. The largest absolute Gasteiger partial charge is 0.345 e. The highest BCUT2D eigenvalue weighted by Gasteiger charge is 2.58. The summed E-state index contributed by atoms with van der Waals surface area (Å²) in [5.41, 5.74) is 7.00. The van der Waals surface area contributed by atoms with Crippen molar-refractivity contribution in [3.8, 4) is 0 Å². The summed E-state index contributed by atoms with van der Waals surface area (Å²) in [6, 6.07) is 5.48. The van der Waals surface area contributed by atoms with E-state index in [0.29, 0.717) is 11.6 Å². The lowest BCUT2D eigenvalue weighted by atomic mass is 9.76. The van der Waals surface area contributed by atoms with Gasteiger partial charge in [0.25, 0.3) is 5.91 Å². The highest BCUT2D eigenvalue weighted by molar-refractivity contribution is 5.92. The molecule has 0 spiro atoms. The van der Waals surface area contributed by atoms with E-state index in [1.807, 2.05) is 12.1 Å². The van der Waals surface area contributed by atoms with Crippen LogP contribution in [-0.2, 0) is 0 Å². The summed E-state index contributed by atoms with van der Waals surface area (Å²) >= 11 is 0. The average Bonchev–Trinajstić information content (AvgIpc) is 2.56. The van der Waals surface area contributed by atoms with Crippen molar-refractivity contribution in [1.29, 1.82) is 0 Å². The summed E-state index contributed by atoms with van der Waals surface area (Å²) in [5.74, 6) is 1.28. The third-order valence-corrected chi connectivity index (χ3v) is 5.91. The van der Waals surface area contributed by atoms with Gasteiger partial charge in [0.05, 0.1) is 0 Å². The molecule has 3 bridgehead atoms. The fourth-order valence-electron chi connectivity index (χ4n) is 5.27. The summed E-state index contributed by atoms with van der Waals surface area (Å²) in [6.45, 7) is 0. The number of hydrogen-bond acceptors (Lipinski definition) is 3. The van der Waals surface area contributed by atoms with E-state index < -0.39 is 0 Å². The molecule has 4 nitrogen and oxygen atoms in total. The third-order valence-electron chi connectivity index (χ3n) is 5.91. The number of nitrogens with one attached hydrogen (secondary N) is 1. The van der Waals surface area contributed by atoms with Gasteiger partial charge in [-0.05, 0) is 56.1 Å². The molecule has 1 aromatic heterocycles. The predicted octanol–water partition coefficient (Wildman–Crippen LogP) is 2.25. The Labute approximate surface area is 125 Å². The first-order chi connectivity index (χ1) is 10.1. The van der Waals surface area contributed by atoms with E-state index in [4.69, 9.17) is 5.73 Å². The van der Waals surface area contributed by atoms with Crippen LogP contribution in [0, 0.1) is 11.8 Å². The Hall–Kier alpha value is -1.42. The maximum absolute atomic E-state index is 12.6. The lowest BCUT2D eigenvalue weighted by molar-refractivity contribution is 0.0856. The van der Waals surface area contributed by atoms with Gasteiger partial charge in [-0.1, -0.05) is 18.9 Å². The highest BCUT2D eigenvalue weighted by atomic mass is 16.2. The molecule has 0 radical (unpaired) electrons. The van der Waals surface area contributed by atoms with Crippen LogP contribution < -0.4 is 11.1 Å². The molecule has 4 rings (SSSR count). The summed E-state index contributed by atoms with van der Waals surface area (Å²) in [5, 5.41) is 3.35. The number of carbonyl (C=O) groups is 1. The van der Waals surface area contributed by atoms with Crippen LogP contribution >= 0.6 is 0 Å². The lowest BCUT2D eigenvalue weighted by Crippen LogP contribution is -2.52. The first kappa shape index (κ1) is 13.3. The van der Waals surface area contributed by atoms with Gasteiger partial charge >= 0.3 is 0 Å². The van der Waals surface area contributed by atoms with E-state index in [0.717, 1.165) is 31.6 Å². The maximum atomic E-state index is 12.6. The van der Waals surface area contributed by atoms with Gasteiger partial charge in [-0.3, -0.25) is 9.78 Å². The molecule has 1 aromatic rings. The SMILES string of the molecule is NC12CC3CCCC(NC(=O)c4ccccn4)(C1)C(C3)C2. The van der Waals surface area contributed by atoms with E-state index in [9.17, 15) is 4.79 Å². The van der Waals surface area contributed by atoms with Crippen molar-refractivity contribution >= 4 is 5.91 Å². The van der Waals surface area contributed by atoms with Gasteiger partial charge in [0.15, 0.2) is 0 Å². The average molecular weight is 285 g/mol. The Morgan fingerprint density at radius 1 is 1.38 bits per heavy atom. The quantitative estimate of drug-likeness (QED) is 0.875. The number of fused-ring (bicyclic) bond motifs is 2. The van der Waals surface area contributed by atoms with Gasteiger partial charge in [0.2, 0.25) is 0 Å². The molecule has 0 aromatic carbocycles. The van der Waals surface area contributed by atoms with Crippen LogP contribution in [0.15, 0.2) is 24.4 Å². The molecular formula is C17H23N3O. The minimum atomic E-state index is -0.0887. The van der Waals surface area contributed by atoms with Crippen molar-refractivity contribution in [3.63, 3.8) is 0 Å².